The number of carbonyl (C=O) groups excluding carboxylic acids is 2. The van der Waals surface area contributed by atoms with Gasteiger partial charge in [-0.25, -0.2) is 0 Å². The van der Waals surface area contributed by atoms with Crippen LogP contribution in [-0.4, -0.2) is 94.3 Å². The Morgan fingerprint density at radius 2 is 1.68 bits per heavy atom. The van der Waals surface area contributed by atoms with Crippen LogP contribution in [0.3, 0.4) is 0 Å². The van der Waals surface area contributed by atoms with E-state index in [1.807, 2.05) is 17.2 Å². The maximum atomic E-state index is 13.6. The number of piperidine rings is 2. The number of benzene rings is 1. The van der Waals surface area contributed by atoms with Gasteiger partial charge in [-0.1, -0.05) is 31.5 Å². The molecule has 2 aromatic rings. The topological polar surface area (TPSA) is 60.0 Å². The minimum absolute atomic E-state index is 0.147. The van der Waals surface area contributed by atoms with Crippen molar-refractivity contribution in [2.24, 2.45) is 11.8 Å². The molecule has 4 heterocycles. The summed E-state index contributed by atoms with van der Waals surface area (Å²) in [4.78, 5) is 39.7. The van der Waals surface area contributed by atoms with E-state index in [2.05, 4.69) is 62.7 Å². The average Bonchev–Trinajstić information content (AvgIpc) is 3.17. The van der Waals surface area contributed by atoms with E-state index < -0.39 is 0 Å². The summed E-state index contributed by atoms with van der Waals surface area (Å²) in [6.45, 7) is 12.5. The van der Waals surface area contributed by atoms with E-state index in [1.165, 1.54) is 22.4 Å². The molecule has 1 aliphatic carbocycles. The van der Waals surface area contributed by atoms with E-state index in [0.717, 1.165) is 93.8 Å². The predicted molar refractivity (Wildman–Crippen MR) is 179 cm³/mol. The van der Waals surface area contributed by atoms with Crippen molar-refractivity contribution in [3.63, 3.8) is 0 Å². The number of hydrogen-bond donors (Lipinski definition) is 0. The number of aryl methyl sites for hydroxylation is 2. The molecule has 1 unspecified atom stereocenters. The molecule has 1 aromatic heterocycles. The molecular weight excluding hydrogens is 638 g/mol. The zero-order valence-electron chi connectivity index (χ0n) is 26.5. The lowest BCUT2D eigenvalue weighted by atomic mass is 9.90. The summed E-state index contributed by atoms with van der Waals surface area (Å²) >= 11 is 10.1. The summed E-state index contributed by atoms with van der Waals surface area (Å²) in [7, 11) is 0. The summed E-state index contributed by atoms with van der Waals surface area (Å²) in [5.74, 6) is 1.26. The van der Waals surface area contributed by atoms with Crippen molar-refractivity contribution in [1.82, 2.24) is 24.6 Å². The molecule has 2 amide bonds. The number of fused-ring (bicyclic) bond motifs is 2. The summed E-state index contributed by atoms with van der Waals surface area (Å²) < 4.78 is 1.04. The molecule has 0 spiro atoms. The molecule has 1 aromatic carbocycles. The Kier molecular flexibility index (Phi) is 10.0. The van der Waals surface area contributed by atoms with E-state index in [9.17, 15) is 9.59 Å². The highest BCUT2D eigenvalue weighted by molar-refractivity contribution is 9.10. The minimum Gasteiger partial charge on any atom is -0.343 e. The Labute approximate surface area is 276 Å². The van der Waals surface area contributed by atoms with Crippen LogP contribution in [0, 0.1) is 11.8 Å². The van der Waals surface area contributed by atoms with Crippen LogP contribution in [-0.2, 0) is 22.4 Å². The molecule has 9 heteroatoms. The number of pyridine rings is 1. The predicted octanol–water partition coefficient (Wildman–Crippen LogP) is 5.97. The SMILES string of the molecule is CC(=O)N1CCC(CC(=O)N2CCN(C3CCN(C4c5ccc(Cl)cc5CCc5cc(Br)cnc54)CC3)C[C@@H]2C(C)C)CC1. The van der Waals surface area contributed by atoms with Gasteiger partial charge in [0, 0.05) is 86.9 Å². The van der Waals surface area contributed by atoms with Gasteiger partial charge < -0.3 is 9.80 Å². The second-order valence-corrected chi connectivity index (χ2v) is 15.1. The molecule has 4 aliphatic rings. The third-order valence-electron chi connectivity index (χ3n) is 10.7. The molecule has 7 nitrogen and oxygen atoms in total. The van der Waals surface area contributed by atoms with Crippen LogP contribution in [0.5, 0.6) is 0 Å². The van der Waals surface area contributed by atoms with Crippen molar-refractivity contribution in [3.8, 4) is 0 Å². The summed E-state index contributed by atoms with van der Waals surface area (Å²) in [5.41, 5.74) is 5.19. The molecule has 0 N–H and O–H groups in total. The first-order chi connectivity index (χ1) is 21.2. The normalized spacial score (nSPS) is 24.2. The van der Waals surface area contributed by atoms with E-state index in [0.29, 0.717) is 30.2 Å². The molecule has 3 saturated heterocycles. The maximum Gasteiger partial charge on any atom is 0.223 e. The Morgan fingerprint density at radius 1 is 0.955 bits per heavy atom. The van der Waals surface area contributed by atoms with Crippen molar-refractivity contribution in [2.75, 3.05) is 45.8 Å². The molecule has 2 atom stereocenters. The van der Waals surface area contributed by atoms with Crippen molar-refractivity contribution in [3.05, 3.63) is 62.3 Å². The Hall–Kier alpha value is -2.00. The van der Waals surface area contributed by atoms with Gasteiger partial charge in [0.25, 0.3) is 0 Å². The lowest BCUT2D eigenvalue weighted by Crippen LogP contribution is -2.60. The molecular formula is C35H47BrClN5O2. The quantitative estimate of drug-likeness (QED) is 0.389. The zero-order valence-corrected chi connectivity index (χ0v) is 28.8. The highest BCUT2D eigenvalue weighted by Gasteiger charge is 2.39. The number of piperazine rings is 1. The zero-order chi connectivity index (χ0) is 31.0. The first-order valence-corrected chi connectivity index (χ1v) is 17.8. The van der Waals surface area contributed by atoms with Crippen molar-refractivity contribution < 1.29 is 9.59 Å². The van der Waals surface area contributed by atoms with Crippen molar-refractivity contribution in [2.45, 2.75) is 83.8 Å². The second kappa shape index (κ2) is 13.8. The van der Waals surface area contributed by atoms with Crippen molar-refractivity contribution in [1.29, 1.82) is 0 Å². The van der Waals surface area contributed by atoms with Crippen molar-refractivity contribution >= 4 is 39.3 Å². The van der Waals surface area contributed by atoms with Gasteiger partial charge in [-0.2, -0.15) is 0 Å². The van der Waals surface area contributed by atoms with E-state index >= 15 is 0 Å². The van der Waals surface area contributed by atoms with E-state index in [1.54, 1.807) is 6.92 Å². The van der Waals surface area contributed by atoms with Crippen LogP contribution in [0.2, 0.25) is 5.02 Å². The van der Waals surface area contributed by atoms with Crippen LogP contribution < -0.4 is 0 Å². The summed E-state index contributed by atoms with van der Waals surface area (Å²) in [6, 6.07) is 9.59. The first kappa shape index (κ1) is 32.0. The number of nitrogens with zero attached hydrogens (tertiary/aromatic N) is 5. The fourth-order valence-corrected chi connectivity index (χ4v) is 8.72. The summed E-state index contributed by atoms with van der Waals surface area (Å²) in [5, 5.41) is 0.803. The van der Waals surface area contributed by atoms with Crippen LogP contribution >= 0.6 is 27.5 Å². The molecule has 3 fully saturated rings. The summed E-state index contributed by atoms with van der Waals surface area (Å²) in [6.07, 6.45) is 8.63. The lowest BCUT2D eigenvalue weighted by molar-refractivity contribution is -0.140. The van der Waals surface area contributed by atoms with Gasteiger partial charge in [-0.05, 0) is 101 Å². The fraction of sp³-hybridized carbons (Fsp3) is 0.629. The molecule has 3 aliphatic heterocycles. The number of likely N-dealkylation sites (tertiary alicyclic amines) is 2. The number of carbonyl (C=O) groups is 2. The first-order valence-electron chi connectivity index (χ1n) is 16.6. The molecule has 0 saturated carbocycles. The molecule has 0 radical (unpaired) electrons. The molecule has 6 rings (SSSR count). The minimum atomic E-state index is 0.147. The number of amides is 2. The largest absolute Gasteiger partial charge is 0.343 e. The highest BCUT2D eigenvalue weighted by atomic mass is 79.9. The highest BCUT2D eigenvalue weighted by Crippen LogP contribution is 2.39. The fourth-order valence-electron chi connectivity index (χ4n) is 8.15. The van der Waals surface area contributed by atoms with Crippen LogP contribution in [0.4, 0.5) is 0 Å². The number of halogens is 2. The van der Waals surface area contributed by atoms with Crippen LogP contribution in [0.1, 0.15) is 81.3 Å². The second-order valence-electron chi connectivity index (χ2n) is 13.8. The molecule has 44 heavy (non-hydrogen) atoms. The van der Waals surface area contributed by atoms with Crippen LogP contribution in [0.25, 0.3) is 0 Å². The average molecular weight is 685 g/mol. The Morgan fingerprint density at radius 3 is 2.39 bits per heavy atom. The monoisotopic (exact) mass is 683 g/mol. The Bertz CT molecular complexity index is 1300. The van der Waals surface area contributed by atoms with Gasteiger partial charge >= 0.3 is 0 Å². The van der Waals surface area contributed by atoms with Gasteiger partial charge in [0.15, 0.2) is 0 Å². The van der Waals surface area contributed by atoms with Gasteiger partial charge in [-0.15, -0.1) is 0 Å². The maximum absolute atomic E-state index is 13.6. The van der Waals surface area contributed by atoms with Gasteiger partial charge in [0.1, 0.15) is 0 Å². The molecule has 238 valence electrons. The third kappa shape index (κ3) is 6.89. The number of rotatable bonds is 5. The standard InChI is InChI=1S/C35H47BrClN5O2/c1-23(2)32-22-41(16-17-42(32)33(44)18-25-8-12-39(13-9-25)24(3)43)30-10-14-40(15-11-30)35-31-7-6-29(37)20-26(31)4-5-27-19-28(36)21-38-34(27)35/h6-7,19-21,23,25,30,32,35H,4-5,8-18,22H2,1-3H3/t32-,35?/m1/s1. The van der Waals surface area contributed by atoms with E-state index in [4.69, 9.17) is 16.6 Å². The smallest absolute Gasteiger partial charge is 0.223 e. The number of hydrogen-bond acceptors (Lipinski definition) is 5. The number of aromatic nitrogens is 1. The van der Waals surface area contributed by atoms with Gasteiger partial charge in [-0.3, -0.25) is 24.4 Å². The van der Waals surface area contributed by atoms with Gasteiger partial charge in [0.05, 0.1) is 11.7 Å². The van der Waals surface area contributed by atoms with Gasteiger partial charge in [0.2, 0.25) is 11.8 Å². The Balaban J connectivity index is 1.10. The lowest BCUT2D eigenvalue weighted by Gasteiger charge is -2.48. The third-order valence-corrected chi connectivity index (χ3v) is 11.4. The van der Waals surface area contributed by atoms with Crippen LogP contribution in [0.15, 0.2) is 34.9 Å². The molecule has 0 bridgehead atoms. The van der Waals surface area contributed by atoms with E-state index in [-0.39, 0.29) is 18.0 Å².